The molecule has 0 fully saturated rings. The largest absolute Gasteiger partial charge is 0.396 e. The number of Topliss-reactive ketones (excluding diaryl/α,β-unsaturated/α-hetero) is 1. The average Bonchev–Trinajstić information content (AvgIpc) is 2.13. The molecule has 5 heteroatoms. The lowest BCUT2D eigenvalue weighted by Gasteiger charge is -2.04. The quantitative estimate of drug-likeness (QED) is 0.508. The number of nitrogen functional groups attached to an aromatic ring is 1. The van der Waals surface area contributed by atoms with Gasteiger partial charge in [0.15, 0.2) is 11.6 Å². The first-order valence-electron chi connectivity index (χ1n) is 3.40. The van der Waals surface area contributed by atoms with Crippen LogP contribution in [0.3, 0.4) is 0 Å². The molecule has 0 unspecified atom stereocenters. The molecule has 0 aliphatic rings. The average molecular weight is 266 g/mol. The summed E-state index contributed by atoms with van der Waals surface area (Å²) in [5.74, 6) is -1.01. The minimum atomic E-state index is -0.742. The van der Waals surface area contributed by atoms with Crippen LogP contribution in [-0.2, 0) is 0 Å². The van der Waals surface area contributed by atoms with Gasteiger partial charge in [0.2, 0.25) is 0 Å². The summed E-state index contributed by atoms with van der Waals surface area (Å²) < 4.78 is 13.1. The maximum absolute atomic E-state index is 13.1. The van der Waals surface area contributed by atoms with E-state index in [1.807, 2.05) is 0 Å². The highest BCUT2D eigenvalue weighted by Crippen LogP contribution is 2.24. The van der Waals surface area contributed by atoms with Gasteiger partial charge in [0, 0.05) is 5.56 Å². The molecule has 0 amide bonds. The predicted molar refractivity (Wildman–Crippen MR) is 53.9 cm³/mol. The minimum Gasteiger partial charge on any atom is -0.396 e. The first-order chi connectivity index (χ1) is 6.07. The summed E-state index contributed by atoms with van der Waals surface area (Å²) in [4.78, 5) is 11.2. The van der Waals surface area contributed by atoms with Gasteiger partial charge in [-0.2, -0.15) is 0 Å². The standard InChI is InChI=1S/C8H6BrClFNO/c9-3-6(13)4-1-2-5(10)7(11)8(4)12/h1-2H,3,12H2. The first-order valence-corrected chi connectivity index (χ1v) is 4.90. The van der Waals surface area contributed by atoms with Gasteiger partial charge in [0.05, 0.1) is 16.0 Å². The highest BCUT2D eigenvalue weighted by molar-refractivity contribution is 9.09. The molecule has 0 bridgehead atoms. The lowest BCUT2D eigenvalue weighted by atomic mass is 10.1. The van der Waals surface area contributed by atoms with Gasteiger partial charge in [0.25, 0.3) is 0 Å². The van der Waals surface area contributed by atoms with Crippen LogP contribution in [0.2, 0.25) is 5.02 Å². The third-order valence-electron chi connectivity index (χ3n) is 1.55. The van der Waals surface area contributed by atoms with Crippen LogP contribution in [0, 0.1) is 5.82 Å². The number of halogens is 3. The van der Waals surface area contributed by atoms with Gasteiger partial charge in [-0.05, 0) is 12.1 Å². The number of alkyl halides is 1. The van der Waals surface area contributed by atoms with Gasteiger partial charge in [-0.25, -0.2) is 4.39 Å². The molecule has 0 radical (unpaired) electrons. The van der Waals surface area contributed by atoms with Crippen LogP contribution < -0.4 is 5.73 Å². The van der Waals surface area contributed by atoms with Gasteiger partial charge in [-0.3, -0.25) is 4.79 Å². The zero-order valence-electron chi connectivity index (χ0n) is 6.48. The number of anilines is 1. The summed E-state index contributed by atoms with van der Waals surface area (Å²) >= 11 is 8.42. The number of nitrogens with two attached hydrogens (primary N) is 1. The summed E-state index contributed by atoms with van der Waals surface area (Å²) in [6.07, 6.45) is 0. The van der Waals surface area contributed by atoms with E-state index in [0.717, 1.165) is 0 Å². The maximum atomic E-state index is 13.1. The van der Waals surface area contributed by atoms with Crippen LogP contribution in [0.15, 0.2) is 12.1 Å². The van der Waals surface area contributed by atoms with Crippen LogP contribution in [-0.4, -0.2) is 11.1 Å². The van der Waals surface area contributed by atoms with Gasteiger partial charge >= 0.3 is 0 Å². The third kappa shape index (κ3) is 2.00. The second-order valence-electron chi connectivity index (χ2n) is 2.38. The molecule has 0 aliphatic heterocycles. The van der Waals surface area contributed by atoms with Crippen molar-refractivity contribution >= 4 is 39.0 Å². The Morgan fingerprint density at radius 2 is 2.23 bits per heavy atom. The van der Waals surface area contributed by atoms with Crippen molar-refractivity contribution in [2.45, 2.75) is 0 Å². The highest BCUT2D eigenvalue weighted by atomic mass is 79.9. The molecule has 13 heavy (non-hydrogen) atoms. The van der Waals surface area contributed by atoms with E-state index in [-0.39, 0.29) is 27.4 Å². The Morgan fingerprint density at radius 1 is 1.62 bits per heavy atom. The molecule has 0 aliphatic carbocycles. The van der Waals surface area contributed by atoms with Crippen LogP contribution >= 0.6 is 27.5 Å². The summed E-state index contributed by atoms with van der Waals surface area (Å²) in [5, 5.41) is 0.0294. The van der Waals surface area contributed by atoms with Crippen molar-refractivity contribution in [3.05, 3.63) is 28.5 Å². The molecule has 1 aromatic rings. The molecular weight excluding hydrogens is 260 g/mol. The lowest BCUT2D eigenvalue weighted by molar-refractivity contribution is 0.102. The third-order valence-corrected chi connectivity index (χ3v) is 2.36. The number of carbonyl (C=O) groups excluding carboxylic acids is 1. The molecule has 0 saturated heterocycles. The summed E-state index contributed by atoms with van der Waals surface area (Å²) in [5.41, 5.74) is 5.31. The summed E-state index contributed by atoms with van der Waals surface area (Å²) in [6, 6.07) is 2.72. The minimum absolute atomic E-state index is 0.0800. The Kier molecular flexibility index (Phi) is 3.27. The highest BCUT2D eigenvalue weighted by Gasteiger charge is 2.13. The topological polar surface area (TPSA) is 43.1 Å². The second kappa shape index (κ2) is 4.07. The Hall–Kier alpha value is -0.610. The van der Waals surface area contributed by atoms with Crippen molar-refractivity contribution in [2.24, 2.45) is 0 Å². The molecule has 70 valence electrons. The number of ketones is 1. The Morgan fingerprint density at radius 3 is 2.77 bits per heavy atom. The fourth-order valence-electron chi connectivity index (χ4n) is 0.881. The van der Waals surface area contributed by atoms with Crippen LogP contribution in [0.1, 0.15) is 10.4 Å². The molecule has 2 nitrogen and oxygen atoms in total. The molecule has 2 N–H and O–H groups in total. The molecule has 0 spiro atoms. The van der Waals surface area contributed by atoms with Gasteiger partial charge in [0.1, 0.15) is 0 Å². The molecule has 1 rings (SSSR count). The molecule has 0 aromatic heterocycles. The normalized spacial score (nSPS) is 10.1. The molecule has 0 saturated carbocycles. The number of benzene rings is 1. The van der Waals surface area contributed by atoms with Gasteiger partial charge in [-0.1, -0.05) is 27.5 Å². The van der Waals surface area contributed by atoms with E-state index in [9.17, 15) is 9.18 Å². The zero-order chi connectivity index (χ0) is 10.0. The Balaban J connectivity index is 3.26. The number of carbonyl (C=O) groups is 1. The van der Waals surface area contributed by atoms with E-state index in [4.69, 9.17) is 17.3 Å². The Bertz CT molecular complexity index is 356. The lowest BCUT2D eigenvalue weighted by Crippen LogP contribution is -2.06. The van der Waals surface area contributed by atoms with Crippen LogP contribution in [0.25, 0.3) is 0 Å². The molecule has 0 atom stereocenters. The zero-order valence-corrected chi connectivity index (χ0v) is 8.82. The molecular formula is C8H6BrClFNO. The van der Waals surface area contributed by atoms with E-state index >= 15 is 0 Å². The summed E-state index contributed by atoms with van der Waals surface area (Å²) in [6.45, 7) is 0. The van der Waals surface area contributed by atoms with Crippen LogP contribution in [0.4, 0.5) is 10.1 Å². The number of hydrogen-bond donors (Lipinski definition) is 1. The summed E-state index contributed by atoms with van der Waals surface area (Å²) in [7, 11) is 0. The van der Waals surface area contributed by atoms with E-state index in [2.05, 4.69) is 15.9 Å². The smallest absolute Gasteiger partial charge is 0.175 e. The van der Waals surface area contributed by atoms with Crippen molar-refractivity contribution in [1.82, 2.24) is 0 Å². The van der Waals surface area contributed by atoms with Gasteiger partial charge < -0.3 is 5.73 Å². The van der Waals surface area contributed by atoms with Crippen molar-refractivity contribution in [2.75, 3.05) is 11.1 Å². The van der Waals surface area contributed by atoms with Crippen LogP contribution in [0.5, 0.6) is 0 Å². The van der Waals surface area contributed by atoms with E-state index in [0.29, 0.717) is 0 Å². The SMILES string of the molecule is Nc1c(C(=O)CBr)ccc(Cl)c1F. The van der Waals surface area contributed by atoms with Gasteiger partial charge in [-0.15, -0.1) is 0 Å². The maximum Gasteiger partial charge on any atom is 0.175 e. The number of rotatable bonds is 2. The van der Waals surface area contributed by atoms with Crippen molar-refractivity contribution < 1.29 is 9.18 Å². The fraction of sp³-hybridized carbons (Fsp3) is 0.125. The molecule has 1 aromatic carbocycles. The monoisotopic (exact) mass is 265 g/mol. The van der Waals surface area contributed by atoms with Crippen molar-refractivity contribution in [3.8, 4) is 0 Å². The Labute approximate surface area is 88.0 Å². The molecule has 0 heterocycles. The van der Waals surface area contributed by atoms with Crippen molar-refractivity contribution in [1.29, 1.82) is 0 Å². The van der Waals surface area contributed by atoms with E-state index < -0.39 is 5.82 Å². The number of hydrogen-bond acceptors (Lipinski definition) is 2. The predicted octanol–water partition coefficient (Wildman–Crippen LogP) is 2.64. The first kappa shape index (κ1) is 10.5. The second-order valence-corrected chi connectivity index (χ2v) is 3.35. The van der Waals surface area contributed by atoms with E-state index in [1.54, 1.807) is 0 Å². The van der Waals surface area contributed by atoms with Crippen molar-refractivity contribution in [3.63, 3.8) is 0 Å². The fourth-order valence-corrected chi connectivity index (χ4v) is 1.35. The van der Waals surface area contributed by atoms with E-state index in [1.165, 1.54) is 12.1 Å².